The van der Waals surface area contributed by atoms with E-state index in [9.17, 15) is 23.1 Å². The minimum absolute atomic E-state index is 0.00892. The van der Waals surface area contributed by atoms with Crippen molar-refractivity contribution < 1.29 is 23.1 Å². The number of likely N-dealkylation sites (N-methyl/N-ethyl adjacent to an activating group) is 1. The molecule has 0 radical (unpaired) electrons. The molecule has 2 atom stereocenters. The summed E-state index contributed by atoms with van der Waals surface area (Å²) in [6.07, 6.45) is -1.28. The maximum absolute atomic E-state index is 13.6. The van der Waals surface area contributed by atoms with Crippen LogP contribution < -0.4 is 33.4 Å². The van der Waals surface area contributed by atoms with E-state index in [2.05, 4.69) is 21.0 Å². The molecule has 0 fully saturated rings. The lowest BCUT2D eigenvalue weighted by Crippen LogP contribution is -2.36. The second-order valence-corrected chi connectivity index (χ2v) is 8.08. The van der Waals surface area contributed by atoms with Gasteiger partial charge in [0.1, 0.15) is 12.1 Å². The molecule has 1 heterocycles. The van der Waals surface area contributed by atoms with Crippen LogP contribution in [0.25, 0.3) is 0 Å². The molecule has 0 spiro atoms. The number of nitrogens with zero attached hydrogens (tertiary/aromatic N) is 1. The average molecular weight is 509 g/mol. The summed E-state index contributed by atoms with van der Waals surface area (Å²) in [6, 6.07) is 4.51. The van der Waals surface area contributed by atoms with Gasteiger partial charge in [-0.15, -0.1) is 0 Å². The van der Waals surface area contributed by atoms with Crippen LogP contribution in [0.2, 0.25) is 0 Å². The number of aromatic nitrogens is 1. The van der Waals surface area contributed by atoms with E-state index in [0.717, 1.165) is 18.3 Å². The highest BCUT2D eigenvalue weighted by atomic mass is 19.4. The molecule has 196 valence electrons. The van der Waals surface area contributed by atoms with Crippen molar-refractivity contribution in [3.63, 3.8) is 0 Å². The molecule has 0 aliphatic rings. The SMILES string of the molecule is CNC(CO)C(CC=O)c1cc(CN/C=C(\C=N)Cc2cc(N)nc(NN)c2N)cc(C(F)(F)F)c1. The molecule has 0 saturated carbocycles. The number of hydrazine groups is 1. The van der Waals surface area contributed by atoms with Crippen LogP contribution in [0.1, 0.15) is 34.6 Å². The smallest absolute Gasteiger partial charge is 0.395 e. The van der Waals surface area contributed by atoms with Crippen LogP contribution in [0.4, 0.5) is 30.5 Å². The highest BCUT2D eigenvalue weighted by Gasteiger charge is 2.32. The van der Waals surface area contributed by atoms with Crippen molar-refractivity contribution in [1.82, 2.24) is 15.6 Å². The minimum atomic E-state index is -4.60. The maximum atomic E-state index is 13.6. The van der Waals surface area contributed by atoms with Crippen LogP contribution in [0.15, 0.2) is 36.0 Å². The number of hydrogen-bond acceptors (Lipinski definition) is 10. The summed E-state index contributed by atoms with van der Waals surface area (Å²) < 4.78 is 40.8. The van der Waals surface area contributed by atoms with E-state index in [1.807, 2.05) is 0 Å². The lowest BCUT2D eigenvalue weighted by atomic mass is 9.87. The quantitative estimate of drug-likeness (QED) is 0.0861. The van der Waals surface area contributed by atoms with Crippen molar-refractivity contribution in [2.75, 3.05) is 30.5 Å². The Labute approximate surface area is 206 Å². The molecule has 13 heteroatoms. The number of nitrogens with one attached hydrogen (secondary N) is 4. The summed E-state index contributed by atoms with van der Waals surface area (Å²) in [6.45, 7) is -0.344. The fraction of sp³-hybridized carbons (Fsp3) is 0.348. The van der Waals surface area contributed by atoms with Gasteiger partial charge in [0.25, 0.3) is 0 Å². The number of aliphatic hydroxyl groups excluding tert-OH is 1. The third kappa shape index (κ3) is 7.41. The van der Waals surface area contributed by atoms with E-state index >= 15 is 0 Å². The molecule has 10 nitrogen and oxygen atoms in total. The largest absolute Gasteiger partial charge is 0.416 e. The van der Waals surface area contributed by atoms with Crippen LogP contribution in [0.5, 0.6) is 0 Å². The summed E-state index contributed by atoms with van der Waals surface area (Å²) in [4.78, 5) is 15.2. The van der Waals surface area contributed by atoms with Crippen molar-refractivity contribution in [3.05, 3.63) is 58.3 Å². The van der Waals surface area contributed by atoms with Crippen LogP contribution in [-0.4, -0.2) is 42.3 Å². The fourth-order valence-corrected chi connectivity index (χ4v) is 3.80. The van der Waals surface area contributed by atoms with Crippen LogP contribution in [0, 0.1) is 5.41 Å². The van der Waals surface area contributed by atoms with Crippen LogP contribution in [-0.2, 0) is 23.9 Å². The van der Waals surface area contributed by atoms with Gasteiger partial charge in [-0.05, 0) is 47.5 Å². The number of aliphatic hydroxyl groups is 1. The number of halogens is 3. The van der Waals surface area contributed by atoms with Gasteiger partial charge >= 0.3 is 6.18 Å². The molecule has 11 N–H and O–H groups in total. The fourth-order valence-electron chi connectivity index (χ4n) is 3.80. The summed E-state index contributed by atoms with van der Waals surface area (Å²) in [5, 5.41) is 23.1. The lowest BCUT2D eigenvalue weighted by molar-refractivity contribution is -0.137. The summed E-state index contributed by atoms with van der Waals surface area (Å²) >= 11 is 0. The molecule has 2 unspecified atom stereocenters. The van der Waals surface area contributed by atoms with Crippen molar-refractivity contribution in [1.29, 1.82) is 5.41 Å². The van der Waals surface area contributed by atoms with Gasteiger partial charge in [-0.2, -0.15) is 13.2 Å². The number of alkyl halides is 3. The van der Waals surface area contributed by atoms with Gasteiger partial charge in [-0.3, -0.25) is 0 Å². The van der Waals surface area contributed by atoms with Gasteiger partial charge in [0.2, 0.25) is 0 Å². The van der Waals surface area contributed by atoms with Gasteiger partial charge in [-0.25, -0.2) is 10.8 Å². The second kappa shape index (κ2) is 12.9. The highest BCUT2D eigenvalue weighted by molar-refractivity contribution is 5.78. The summed E-state index contributed by atoms with van der Waals surface area (Å²) in [5.41, 5.74) is 15.1. The van der Waals surface area contributed by atoms with E-state index in [-0.39, 0.29) is 48.9 Å². The Morgan fingerprint density at radius 3 is 2.53 bits per heavy atom. The second-order valence-electron chi connectivity index (χ2n) is 8.08. The number of nitrogen functional groups attached to an aromatic ring is 3. The molecular formula is C23H31F3N8O2. The third-order valence-electron chi connectivity index (χ3n) is 5.65. The minimum Gasteiger partial charge on any atom is -0.395 e. The van der Waals surface area contributed by atoms with Gasteiger partial charge in [0, 0.05) is 43.8 Å². The molecule has 1 aromatic carbocycles. The van der Waals surface area contributed by atoms with E-state index in [0.29, 0.717) is 23.0 Å². The zero-order valence-corrected chi connectivity index (χ0v) is 19.7. The Kier molecular flexibility index (Phi) is 10.2. The molecule has 0 aliphatic heterocycles. The average Bonchev–Trinajstić information content (AvgIpc) is 2.84. The Morgan fingerprint density at radius 2 is 1.97 bits per heavy atom. The monoisotopic (exact) mass is 508 g/mol. The van der Waals surface area contributed by atoms with E-state index in [1.165, 1.54) is 6.20 Å². The summed E-state index contributed by atoms with van der Waals surface area (Å²) in [5.74, 6) is 5.10. The topological polar surface area (TPSA) is 188 Å². The first-order chi connectivity index (χ1) is 17.1. The molecule has 0 amide bonds. The summed E-state index contributed by atoms with van der Waals surface area (Å²) in [7, 11) is 1.56. The molecule has 0 saturated heterocycles. The number of nitrogens with two attached hydrogens (primary N) is 3. The van der Waals surface area contributed by atoms with Gasteiger partial charge in [0.15, 0.2) is 5.82 Å². The maximum Gasteiger partial charge on any atom is 0.416 e. The first-order valence-corrected chi connectivity index (χ1v) is 10.9. The predicted octanol–water partition coefficient (Wildman–Crippen LogP) is 1.67. The number of benzene rings is 1. The van der Waals surface area contributed by atoms with Crippen LogP contribution in [0.3, 0.4) is 0 Å². The Morgan fingerprint density at radius 1 is 1.25 bits per heavy atom. The molecule has 1 aromatic heterocycles. The Balaban J connectivity index is 2.33. The van der Waals surface area contributed by atoms with E-state index in [4.69, 9.17) is 22.7 Å². The molecular weight excluding hydrogens is 477 g/mol. The number of pyridine rings is 1. The number of aldehydes is 1. The van der Waals surface area contributed by atoms with Gasteiger partial charge < -0.3 is 42.8 Å². The number of carbonyl (C=O) groups is 1. The Hall–Kier alpha value is -3.68. The van der Waals surface area contributed by atoms with Crippen molar-refractivity contribution in [2.45, 2.75) is 37.5 Å². The number of rotatable bonds is 13. The highest BCUT2D eigenvalue weighted by Crippen LogP contribution is 2.34. The van der Waals surface area contributed by atoms with E-state index < -0.39 is 23.7 Å². The zero-order chi connectivity index (χ0) is 26.9. The first kappa shape index (κ1) is 28.6. The molecule has 0 bridgehead atoms. The molecule has 2 aromatic rings. The first-order valence-electron chi connectivity index (χ1n) is 10.9. The predicted molar refractivity (Wildman–Crippen MR) is 133 cm³/mol. The third-order valence-corrected chi connectivity index (χ3v) is 5.65. The number of allylic oxidation sites excluding steroid dienone is 1. The van der Waals surface area contributed by atoms with Crippen molar-refractivity contribution in [2.24, 2.45) is 5.84 Å². The van der Waals surface area contributed by atoms with Gasteiger partial charge in [-0.1, -0.05) is 6.07 Å². The zero-order valence-electron chi connectivity index (χ0n) is 19.7. The molecule has 0 aliphatic carbocycles. The van der Waals surface area contributed by atoms with Gasteiger partial charge in [0.05, 0.1) is 17.9 Å². The lowest BCUT2D eigenvalue weighted by Gasteiger charge is -2.25. The van der Waals surface area contributed by atoms with Crippen molar-refractivity contribution in [3.8, 4) is 0 Å². The molecule has 36 heavy (non-hydrogen) atoms. The number of hydrogen-bond donors (Lipinski definition) is 8. The molecule has 2 rings (SSSR count). The normalized spacial score (nSPS) is 13.7. The number of carbonyl (C=O) groups excluding carboxylic acids is 1. The van der Waals surface area contributed by atoms with Crippen molar-refractivity contribution >= 4 is 29.8 Å². The van der Waals surface area contributed by atoms with E-state index in [1.54, 1.807) is 19.2 Å². The van der Waals surface area contributed by atoms with Crippen LogP contribution >= 0.6 is 0 Å². The standard InChI is InChI=1S/C23H31F3N8O2/c1-31-19(12-36)18(2-3-35)15-4-13(6-17(7-15)23(24,25)26)10-32-11-14(9-27)5-16-8-20(28)33-22(34-30)21(16)29/h3-4,6-9,11,18-19,27,31-32,36H,2,5,10,12,29-30H2,1H3,(H3,28,33,34)/b14-11-,27-9?. The Bertz CT molecular complexity index is 1090. The number of anilines is 3.